The van der Waals surface area contributed by atoms with Gasteiger partial charge in [-0.1, -0.05) is 6.07 Å². The lowest BCUT2D eigenvalue weighted by atomic mass is 10.2. The summed E-state index contributed by atoms with van der Waals surface area (Å²) in [7, 11) is 0. The molecule has 0 amide bonds. The largest absolute Gasteiger partial charge is 0.310 e. The van der Waals surface area contributed by atoms with Crippen LogP contribution in [0.5, 0.6) is 0 Å². The Morgan fingerprint density at radius 1 is 1.31 bits per heavy atom. The van der Waals surface area contributed by atoms with Crippen LogP contribution in [0.3, 0.4) is 0 Å². The number of aryl methyl sites for hydroxylation is 1. The molecule has 0 aliphatic carbocycles. The van der Waals surface area contributed by atoms with Crippen LogP contribution in [0.15, 0.2) is 34.3 Å². The predicted molar refractivity (Wildman–Crippen MR) is 73.4 cm³/mol. The summed E-state index contributed by atoms with van der Waals surface area (Å²) in [4.78, 5) is 1.49. The summed E-state index contributed by atoms with van der Waals surface area (Å²) in [6, 6.07) is 7.02. The Hall–Kier alpha value is -0.640. The minimum absolute atomic E-state index is 0.481. The van der Waals surface area contributed by atoms with E-state index >= 15 is 0 Å². The molecule has 3 heteroatoms. The molecule has 0 aromatic carbocycles. The Labute approximate surface area is 105 Å². The Bertz CT molecular complexity index is 378. The van der Waals surface area contributed by atoms with Gasteiger partial charge >= 0.3 is 0 Å². The molecule has 0 spiro atoms. The van der Waals surface area contributed by atoms with E-state index in [-0.39, 0.29) is 0 Å². The Morgan fingerprint density at radius 2 is 2.25 bits per heavy atom. The monoisotopic (exact) mass is 251 g/mol. The molecule has 0 saturated carbocycles. The lowest BCUT2D eigenvalue weighted by molar-refractivity contribution is 0.560. The van der Waals surface area contributed by atoms with Gasteiger partial charge in [-0.2, -0.15) is 11.3 Å². The van der Waals surface area contributed by atoms with Gasteiger partial charge in [0.05, 0.1) is 0 Å². The highest BCUT2D eigenvalue weighted by Crippen LogP contribution is 2.15. The molecule has 16 heavy (non-hydrogen) atoms. The molecule has 0 fully saturated rings. The van der Waals surface area contributed by atoms with Gasteiger partial charge in [-0.3, -0.25) is 0 Å². The first-order valence-corrected chi connectivity index (χ1v) is 7.46. The summed E-state index contributed by atoms with van der Waals surface area (Å²) in [5.41, 5.74) is 1.40. The molecule has 1 nitrogen and oxygen atoms in total. The molecule has 1 N–H and O–H groups in total. The van der Waals surface area contributed by atoms with E-state index in [0.29, 0.717) is 6.04 Å². The minimum Gasteiger partial charge on any atom is -0.310 e. The zero-order valence-electron chi connectivity index (χ0n) is 9.48. The van der Waals surface area contributed by atoms with Crippen LogP contribution in [0, 0.1) is 0 Å². The van der Waals surface area contributed by atoms with E-state index in [2.05, 4.69) is 46.6 Å². The summed E-state index contributed by atoms with van der Waals surface area (Å²) < 4.78 is 0. The van der Waals surface area contributed by atoms with Crippen LogP contribution < -0.4 is 5.32 Å². The maximum atomic E-state index is 3.56. The topological polar surface area (TPSA) is 12.0 Å². The Balaban J connectivity index is 1.65. The number of nitrogens with one attached hydrogen (secondary N) is 1. The quantitative estimate of drug-likeness (QED) is 0.762. The fourth-order valence-electron chi connectivity index (χ4n) is 1.68. The van der Waals surface area contributed by atoms with Crippen molar-refractivity contribution in [3.8, 4) is 0 Å². The predicted octanol–water partition coefficient (Wildman–Crippen LogP) is 4.09. The van der Waals surface area contributed by atoms with Gasteiger partial charge in [-0.05, 0) is 60.1 Å². The highest BCUT2D eigenvalue weighted by atomic mass is 32.1. The first kappa shape index (κ1) is 11.8. The third kappa shape index (κ3) is 3.44. The summed E-state index contributed by atoms with van der Waals surface area (Å²) in [6.45, 7) is 3.32. The van der Waals surface area contributed by atoms with Crippen molar-refractivity contribution in [2.45, 2.75) is 25.8 Å². The van der Waals surface area contributed by atoms with Crippen LogP contribution >= 0.6 is 22.7 Å². The third-order valence-corrected chi connectivity index (χ3v) is 4.31. The highest BCUT2D eigenvalue weighted by Gasteiger charge is 2.03. The zero-order chi connectivity index (χ0) is 11.2. The fourth-order valence-corrected chi connectivity index (χ4v) is 3.18. The average molecular weight is 251 g/mol. The van der Waals surface area contributed by atoms with Crippen molar-refractivity contribution in [2.24, 2.45) is 0 Å². The maximum absolute atomic E-state index is 3.56. The van der Waals surface area contributed by atoms with E-state index in [1.54, 1.807) is 11.3 Å². The van der Waals surface area contributed by atoms with E-state index in [9.17, 15) is 0 Å². The van der Waals surface area contributed by atoms with Crippen LogP contribution in [0.25, 0.3) is 0 Å². The van der Waals surface area contributed by atoms with Gasteiger partial charge in [-0.15, -0.1) is 11.3 Å². The van der Waals surface area contributed by atoms with E-state index in [1.165, 1.54) is 23.3 Å². The van der Waals surface area contributed by atoms with Gasteiger partial charge in [0.2, 0.25) is 0 Å². The smallest absolute Gasteiger partial charge is 0.0300 e. The second kappa shape index (κ2) is 6.18. The van der Waals surface area contributed by atoms with Gasteiger partial charge in [0.1, 0.15) is 0 Å². The van der Waals surface area contributed by atoms with E-state index in [1.807, 2.05) is 11.3 Å². The normalized spacial score (nSPS) is 12.8. The molecule has 1 atom stereocenters. The fraction of sp³-hybridized carbons (Fsp3) is 0.385. The highest BCUT2D eigenvalue weighted by molar-refractivity contribution is 7.09. The number of hydrogen-bond acceptors (Lipinski definition) is 3. The molecule has 2 rings (SSSR count). The Morgan fingerprint density at radius 3 is 2.94 bits per heavy atom. The van der Waals surface area contributed by atoms with Crippen LogP contribution in [0.4, 0.5) is 0 Å². The average Bonchev–Trinajstić information content (AvgIpc) is 2.96. The molecule has 2 aromatic rings. The molecule has 86 valence electrons. The van der Waals surface area contributed by atoms with Crippen LogP contribution in [0.2, 0.25) is 0 Å². The summed E-state index contributed by atoms with van der Waals surface area (Å²) >= 11 is 3.62. The van der Waals surface area contributed by atoms with Crippen molar-refractivity contribution < 1.29 is 0 Å². The Kier molecular flexibility index (Phi) is 4.57. The molecule has 2 aromatic heterocycles. The second-order valence-corrected chi connectivity index (χ2v) is 5.73. The molecule has 0 aliphatic heterocycles. The van der Waals surface area contributed by atoms with Crippen LogP contribution in [0.1, 0.15) is 29.8 Å². The van der Waals surface area contributed by atoms with Gasteiger partial charge in [0.25, 0.3) is 0 Å². The van der Waals surface area contributed by atoms with Crippen molar-refractivity contribution in [1.29, 1.82) is 0 Å². The van der Waals surface area contributed by atoms with E-state index in [4.69, 9.17) is 0 Å². The number of hydrogen-bond donors (Lipinski definition) is 1. The molecular weight excluding hydrogens is 234 g/mol. The maximum Gasteiger partial charge on any atom is 0.0300 e. The number of rotatable bonds is 6. The van der Waals surface area contributed by atoms with Crippen molar-refractivity contribution in [2.75, 3.05) is 6.54 Å². The van der Waals surface area contributed by atoms with Gasteiger partial charge < -0.3 is 5.32 Å². The van der Waals surface area contributed by atoms with Gasteiger partial charge in [0, 0.05) is 10.9 Å². The first-order chi connectivity index (χ1) is 7.86. The molecule has 1 unspecified atom stereocenters. The van der Waals surface area contributed by atoms with Gasteiger partial charge in [-0.25, -0.2) is 0 Å². The summed E-state index contributed by atoms with van der Waals surface area (Å²) in [6.07, 6.45) is 2.41. The van der Waals surface area contributed by atoms with Crippen molar-refractivity contribution in [3.63, 3.8) is 0 Å². The summed E-state index contributed by atoms with van der Waals surface area (Å²) in [5, 5.41) is 10.1. The second-order valence-electron chi connectivity index (χ2n) is 3.92. The molecule has 0 saturated heterocycles. The molecule has 0 bridgehead atoms. The first-order valence-electron chi connectivity index (χ1n) is 5.64. The summed E-state index contributed by atoms with van der Waals surface area (Å²) in [5.74, 6) is 0. The molecular formula is C13H17NS2. The lowest BCUT2D eigenvalue weighted by Crippen LogP contribution is -2.19. The molecule has 0 aliphatic rings. The number of thiophene rings is 2. The standard InChI is InChI=1S/C13H17NS2/c1-11(12-6-9-15-10-12)14-7-2-4-13-5-3-8-16-13/h3,5-6,8-11,14H,2,4,7H2,1H3. The lowest BCUT2D eigenvalue weighted by Gasteiger charge is -2.11. The van der Waals surface area contributed by atoms with Gasteiger partial charge in [0.15, 0.2) is 0 Å². The van der Waals surface area contributed by atoms with Crippen LogP contribution in [-0.2, 0) is 6.42 Å². The SMILES string of the molecule is CC(NCCCc1cccs1)c1ccsc1. The zero-order valence-corrected chi connectivity index (χ0v) is 11.1. The van der Waals surface area contributed by atoms with E-state index in [0.717, 1.165) is 6.54 Å². The molecule has 2 heterocycles. The third-order valence-electron chi connectivity index (χ3n) is 2.67. The van der Waals surface area contributed by atoms with Crippen molar-refractivity contribution in [1.82, 2.24) is 5.32 Å². The van der Waals surface area contributed by atoms with Crippen molar-refractivity contribution >= 4 is 22.7 Å². The minimum atomic E-state index is 0.481. The molecule has 0 radical (unpaired) electrons. The van der Waals surface area contributed by atoms with E-state index < -0.39 is 0 Å². The van der Waals surface area contributed by atoms with Crippen LogP contribution in [-0.4, -0.2) is 6.54 Å². The van der Waals surface area contributed by atoms with Crippen molar-refractivity contribution in [3.05, 3.63) is 44.8 Å².